The Hall–Kier alpha value is -3.57. The number of nitrogens with zero attached hydrogens (tertiary/aromatic N) is 1. The molecule has 0 bridgehead atoms. The molecule has 0 saturated heterocycles. The zero-order valence-corrected chi connectivity index (χ0v) is 39.1. The smallest absolute Gasteiger partial charge is 0.164 e. The van der Waals surface area contributed by atoms with Crippen LogP contribution in [0.2, 0.25) is 0 Å². The number of rotatable bonds is 11. The van der Waals surface area contributed by atoms with Crippen LogP contribution in [0.5, 0.6) is 0 Å². The first-order valence-corrected chi connectivity index (χ1v) is 21.0. The van der Waals surface area contributed by atoms with Crippen molar-refractivity contribution in [3.63, 3.8) is 0 Å². The van der Waals surface area contributed by atoms with Gasteiger partial charge in [0.05, 0.1) is 0 Å². The Bertz CT molecular complexity index is 2340. The molecule has 0 aliphatic heterocycles. The number of pyridine rings is 1. The molecule has 0 aliphatic carbocycles. The van der Waals surface area contributed by atoms with Crippen molar-refractivity contribution >= 4 is 48.9 Å². The van der Waals surface area contributed by atoms with Crippen molar-refractivity contribution < 1.29 is 34.4 Å². The van der Waals surface area contributed by atoms with Crippen LogP contribution in [0.25, 0.3) is 53.5 Å². The normalized spacial score (nSPS) is 12.6. The van der Waals surface area contributed by atoms with Gasteiger partial charge < -0.3 is 9.52 Å². The average Bonchev–Trinajstić information content (AvgIpc) is 3.67. The Balaban J connectivity index is 0.000000330. The van der Waals surface area contributed by atoms with Gasteiger partial charge in [0.1, 0.15) is 17.1 Å². The first-order valence-electron chi connectivity index (χ1n) is 20.2. The summed E-state index contributed by atoms with van der Waals surface area (Å²) in [5.74, 6) is 1.96. The molecular weight excluding hydrogens is 887 g/mol. The summed E-state index contributed by atoms with van der Waals surface area (Å²) in [6, 6.07) is 23.4. The van der Waals surface area contributed by atoms with Gasteiger partial charge in [0, 0.05) is 70.3 Å². The Morgan fingerprint density at radius 3 is 2.12 bits per heavy atom. The number of aryl methyl sites for hydroxylation is 2. The van der Waals surface area contributed by atoms with Gasteiger partial charge in [-0.1, -0.05) is 105 Å². The molecule has 1 radical (unpaired) electrons. The molecule has 0 unspecified atom stereocenters. The van der Waals surface area contributed by atoms with Crippen molar-refractivity contribution in [2.75, 3.05) is 0 Å². The number of aliphatic hydroxyl groups is 1. The number of hydrogen-bond donors (Lipinski definition) is 1. The number of thiophene rings is 1. The van der Waals surface area contributed by atoms with Crippen molar-refractivity contribution in [3.8, 4) is 21.7 Å². The zero-order chi connectivity index (χ0) is 40.5. The van der Waals surface area contributed by atoms with E-state index in [1.54, 1.807) is 0 Å². The summed E-state index contributed by atoms with van der Waals surface area (Å²) in [4.78, 5) is 18.4. The van der Waals surface area contributed by atoms with Crippen molar-refractivity contribution in [3.05, 3.63) is 101 Å². The SMILES string of the molecule is CCC(C)(CC)C(=O)/C=C(\O)C(C)(CC)CC.Cc1c(CC(C)C)oc2ccc(-c3sc4ccnc(-c5[c-]c6ccccc6c(C(C)(C)C)c5)c4c3C)cc12.[Ir]. The average molecular weight is 949 g/mol. The van der Waals surface area contributed by atoms with Crippen molar-refractivity contribution in [1.82, 2.24) is 4.98 Å². The number of aliphatic hydroxyl groups excluding tert-OH is 1. The standard InChI is InChI=1S/C35H34NOS.C15H28O2.Ir/c1-20(2)16-30-21(3)27-18-24(12-13-29(27)37-30)34-22(4)32-31(38-34)14-15-36-33(32)25-17-23-10-8-9-11-26(23)28(19-25)35(5,6)7;1-7-14(5,8-2)12(16)11-13(17)15(6,9-3)10-4;/h8-15,18-20H,16H2,1-7H3;11,16H,7-10H2,1-6H3;/q-1;;/b;12-11-;. The summed E-state index contributed by atoms with van der Waals surface area (Å²) in [5, 5.41) is 15.0. The number of carbonyl (C=O) groups excluding carboxylic acids is 1. The van der Waals surface area contributed by atoms with Crippen LogP contribution in [0.1, 0.15) is 124 Å². The van der Waals surface area contributed by atoms with E-state index in [9.17, 15) is 9.90 Å². The van der Waals surface area contributed by atoms with E-state index in [2.05, 4.69) is 109 Å². The summed E-state index contributed by atoms with van der Waals surface area (Å²) < 4.78 is 7.49. The van der Waals surface area contributed by atoms with E-state index in [-0.39, 0.29) is 47.9 Å². The van der Waals surface area contributed by atoms with Gasteiger partial charge in [0.2, 0.25) is 0 Å². The molecule has 0 atom stereocenters. The van der Waals surface area contributed by atoms with Gasteiger partial charge in [-0.3, -0.25) is 9.78 Å². The Morgan fingerprint density at radius 2 is 1.52 bits per heavy atom. The zero-order valence-electron chi connectivity index (χ0n) is 35.9. The second-order valence-corrected chi connectivity index (χ2v) is 18.4. The van der Waals surface area contributed by atoms with Gasteiger partial charge in [0.15, 0.2) is 5.78 Å². The topological polar surface area (TPSA) is 63.3 Å². The number of aromatic nitrogens is 1. The van der Waals surface area contributed by atoms with Crippen molar-refractivity contribution in [2.45, 2.75) is 128 Å². The molecule has 1 N–H and O–H groups in total. The number of furan rings is 1. The molecule has 3 aromatic heterocycles. The second-order valence-electron chi connectivity index (χ2n) is 17.4. The summed E-state index contributed by atoms with van der Waals surface area (Å²) >= 11 is 1.85. The van der Waals surface area contributed by atoms with Crippen LogP contribution in [0.15, 0.2) is 77.0 Å². The van der Waals surface area contributed by atoms with Crippen molar-refractivity contribution in [1.29, 1.82) is 0 Å². The van der Waals surface area contributed by atoms with Gasteiger partial charge in [-0.05, 0) is 97.2 Å². The molecule has 3 heterocycles. The maximum atomic E-state index is 12.2. The number of benzene rings is 3. The van der Waals surface area contributed by atoms with Crippen LogP contribution in [-0.4, -0.2) is 15.9 Å². The van der Waals surface area contributed by atoms with E-state index < -0.39 is 0 Å². The van der Waals surface area contributed by atoms with Crippen molar-refractivity contribution in [2.24, 2.45) is 16.7 Å². The fourth-order valence-electron chi connectivity index (χ4n) is 7.31. The predicted octanol–water partition coefficient (Wildman–Crippen LogP) is 15.1. The maximum Gasteiger partial charge on any atom is 0.164 e. The third-order valence-corrected chi connectivity index (χ3v) is 13.5. The molecular formula is C50H62IrNO3S-. The minimum absolute atomic E-state index is 0. The Kier molecular flexibility index (Phi) is 14.4. The predicted molar refractivity (Wildman–Crippen MR) is 236 cm³/mol. The van der Waals surface area contributed by atoms with Crippen LogP contribution < -0.4 is 0 Å². The summed E-state index contributed by atoms with van der Waals surface area (Å²) in [5.41, 5.74) is 7.56. The van der Waals surface area contributed by atoms with Crippen LogP contribution >= 0.6 is 11.3 Å². The summed E-state index contributed by atoms with van der Waals surface area (Å²) in [7, 11) is 0. The molecule has 6 aromatic rings. The van der Waals surface area contributed by atoms with Gasteiger partial charge in [-0.2, -0.15) is 0 Å². The second kappa shape index (κ2) is 17.9. The van der Waals surface area contributed by atoms with Gasteiger partial charge >= 0.3 is 0 Å². The minimum Gasteiger partial charge on any atom is -0.512 e. The molecule has 0 aliphatic rings. The summed E-state index contributed by atoms with van der Waals surface area (Å²) in [6.45, 7) is 27.8. The number of hydrogen-bond acceptors (Lipinski definition) is 5. The van der Waals surface area contributed by atoms with E-state index in [4.69, 9.17) is 9.40 Å². The van der Waals surface area contributed by atoms with E-state index >= 15 is 0 Å². The molecule has 3 aromatic carbocycles. The fourth-order valence-corrected chi connectivity index (χ4v) is 8.51. The number of ketones is 1. The summed E-state index contributed by atoms with van der Waals surface area (Å²) in [6.07, 6.45) is 7.66. The first-order chi connectivity index (χ1) is 25.9. The Labute approximate surface area is 353 Å². The van der Waals surface area contributed by atoms with Crippen LogP contribution in [0.4, 0.5) is 0 Å². The minimum atomic E-state index is -0.337. The van der Waals surface area contributed by atoms with Crippen LogP contribution in [-0.2, 0) is 36.7 Å². The number of allylic oxidation sites excluding steroid dienone is 2. The molecule has 4 nitrogen and oxygen atoms in total. The van der Waals surface area contributed by atoms with E-state index in [1.807, 2.05) is 59.1 Å². The molecule has 0 saturated carbocycles. The Morgan fingerprint density at radius 1 is 0.875 bits per heavy atom. The largest absolute Gasteiger partial charge is 0.512 e. The molecule has 0 fully saturated rings. The third kappa shape index (κ3) is 9.09. The van der Waals surface area contributed by atoms with E-state index in [1.165, 1.54) is 54.1 Å². The van der Waals surface area contributed by atoms with Gasteiger partial charge in [0.25, 0.3) is 0 Å². The molecule has 0 spiro atoms. The quantitative estimate of drug-likeness (QED) is 0.0798. The molecule has 0 amide bonds. The number of carbonyl (C=O) groups is 1. The fraction of sp³-hybridized carbons (Fsp3) is 0.440. The maximum absolute atomic E-state index is 12.2. The van der Waals surface area contributed by atoms with Crippen LogP contribution in [0, 0.1) is 36.7 Å². The number of fused-ring (bicyclic) bond motifs is 3. The van der Waals surface area contributed by atoms with Gasteiger partial charge in [-0.15, -0.1) is 40.5 Å². The molecule has 6 rings (SSSR count). The first kappa shape index (κ1) is 45.1. The monoisotopic (exact) mass is 949 g/mol. The van der Waals surface area contributed by atoms with Crippen LogP contribution in [0.3, 0.4) is 0 Å². The third-order valence-electron chi connectivity index (χ3n) is 12.2. The van der Waals surface area contributed by atoms with E-state index in [0.717, 1.165) is 60.1 Å². The van der Waals surface area contributed by atoms with Gasteiger partial charge in [-0.25, -0.2) is 0 Å². The molecule has 56 heavy (non-hydrogen) atoms. The molecule has 6 heteroatoms. The van der Waals surface area contributed by atoms with E-state index in [0.29, 0.717) is 5.92 Å². The molecule has 301 valence electrons.